The van der Waals surface area contributed by atoms with Gasteiger partial charge in [0, 0.05) is 0 Å². The Kier molecular flexibility index (Phi) is 1.49. The third-order valence-corrected chi connectivity index (χ3v) is 3.54. The third kappa shape index (κ3) is 0.774. The molecule has 1 aliphatic carbocycles. The van der Waals surface area contributed by atoms with Crippen molar-refractivity contribution in [2.75, 3.05) is 13.7 Å². The number of rotatable bonds is 1. The summed E-state index contributed by atoms with van der Waals surface area (Å²) in [6.45, 7) is 5.13. The Morgan fingerprint density at radius 1 is 1.67 bits per heavy atom. The maximum atomic E-state index is 11.4. The van der Waals surface area contributed by atoms with Crippen LogP contribution in [0.5, 0.6) is 0 Å². The quantitative estimate of drug-likeness (QED) is 0.577. The van der Waals surface area contributed by atoms with E-state index in [1.807, 2.05) is 6.92 Å². The van der Waals surface area contributed by atoms with Crippen LogP contribution in [0.3, 0.4) is 0 Å². The molecule has 0 radical (unpaired) electrons. The highest BCUT2D eigenvalue weighted by Crippen LogP contribution is 2.56. The number of nitrogens with one attached hydrogen (secondary N) is 1. The summed E-state index contributed by atoms with van der Waals surface area (Å²) in [5.41, 5.74) is -0.404. The zero-order valence-corrected chi connectivity index (χ0v) is 7.76. The number of piperidine rings is 1. The van der Waals surface area contributed by atoms with Crippen molar-refractivity contribution in [3.05, 3.63) is 0 Å². The van der Waals surface area contributed by atoms with E-state index in [0.717, 1.165) is 6.54 Å². The SMILES string of the molecule is COC(=O)[C@]1(C)NC[C@@H]2C(C)[C@@H]21. The van der Waals surface area contributed by atoms with Gasteiger partial charge in [-0.3, -0.25) is 4.79 Å². The van der Waals surface area contributed by atoms with Crippen LogP contribution in [-0.4, -0.2) is 25.2 Å². The Morgan fingerprint density at radius 3 is 2.75 bits per heavy atom. The molecular weight excluding hydrogens is 154 g/mol. The summed E-state index contributed by atoms with van der Waals surface area (Å²) in [6.07, 6.45) is 0. The van der Waals surface area contributed by atoms with E-state index >= 15 is 0 Å². The van der Waals surface area contributed by atoms with Gasteiger partial charge in [-0.25, -0.2) is 0 Å². The third-order valence-electron chi connectivity index (χ3n) is 3.54. The highest BCUT2D eigenvalue weighted by molar-refractivity contribution is 5.82. The zero-order chi connectivity index (χ0) is 8.93. The lowest BCUT2D eigenvalue weighted by molar-refractivity contribution is -0.148. The summed E-state index contributed by atoms with van der Waals surface area (Å²) in [6, 6.07) is 0. The lowest BCUT2D eigenvalue weighted by atomic mass is 9.96. The lowest BCUT2D eigenvalue weighted by Crippen LogP contribution is -2.49. The summed E-state index contributed by atoms with van der Waals surface area (Å²) in [5, 5.41) is 3.24. The van der Waals surface area contributed by atoms with Crippen LogP contribution in [0.15, 0.2) is 0 Å². The van der Waals surface area contributed by atoms with E-state index in [1.165, 1.54) is 7.11 Å². The molecule has 0 amide bonds. The molecule has 68 valence electrons. The van der Waals surface area contributed by atoms with Gasteiger partial charge in [0.05, 0.1) is 7.11 Å². The van der Waals surface area contributed by atoms with Gasteiger partial charge in [0.25, 0.3) is 0 Å². The molecule has 4 atom stereocenters. The van der Waals surface area contributed by atoms with Crippen molar-refractivity contribution in [2.45, 2.75) is 19.4 Å². The molecule has 2 aliphatic rings. The first-order valence-electron chi connectivity index (χ1n) is 4.44. The number of hydrogen-bond acceptors (Lipinski definition) is 3. The van der Waals surface area contributed by atoms with Crippen LogP contribution in [0.1, 0.15) is 13.8 Å². The van der Waals surface area contributed by atoms with E-state index in [4.69, 9.17) is 4.74 Å². The Labute approximate surface area is 72.5 Å². The topological polar surface area (TPSA) is 38.3 Å². The average molecular weight is 169 g/mol. The molecule has 1 N–H and O–H groups in total. The highest BCUT2D eigenvalue weighted by Gasteiger charge is 2.64. The molecule has 2 fully saturated rings. The molecule has 3 heteroatoms. The van der Waals surface area contributed by atoms with Crippen LogP contribution in [0.25, 0.3) is 0 Å². The van der Waals surface area contributed by atoms with E-state index < -0.39 is 5.54 Å². The summed E-state index contributed by atoms with van der Waals surface area (Å²) in [4.78, 5) is 11.4. The largest absolute Gasteiger partial charge is 0.468 e. The van der Waals surface area contributed by atoms with Gasteiger partial charge in [-0.15, -0.1) is 0 Å². The van der Waals surface area contributed by atoms with Gasteiger partial charge < -0.3 is 10.1 Å². The van der Waals surface area contributed by atoms with Crippen molar-refractivity contribution in [1.29, 1.82) is 0 Å². The smallest absolute Gasteiger partial charge is 0.326 e. The van der Waals surface area contributed by atoms with E-state index in [-0.39, 0.29) is 5.97 Å². The normalized spacial score (nSPS) is 50.1. The second-order valence-electron chi connectivity index (χ2n) is 4.12. The molecule has 3 nitrogen and oxygen atoms in total. The Hall–Kier alpha value is -0.570. The number of methoxy groups -OCH3 is 1. The molecule has 1 saturated heterocycles. The molecular formula is C9H15NO2. The van der Waals surface area contributed by atoms with Gasteiger partial charge in [-0.05, 0) is 31.2 Å². The predicted octanol–water partition coefficient (Wildman–Crippen LogP) is 0.403. The van der Waals surface area contributed by atoms with Gasteiger partial charge in [-0.1, -0.05) is 6.92 Å². The van der Waals surface area contributed by atoms with Gasteiger partial charge in [-0.2, -0.15) is 0 Å². The fraction of sp³-hybridized carbons (Fsp3) is 0.889. The van der Waals surface area contributed by atoms with Gasteiger partial charge in [0.2, 0.25) is 0 Å². The standard InChI is InChI=1S/C9H15NO2/c1-5-6-4-10-9(2,7(5)6)8(11)12-3/h5-7,10H,4H2,1-3H3/t5?,6-,7+,9-/m1/s1. The summed E-state index contributed by atoms with van der Waals surface area (Å²) >= 11 is 0. The van der Waals surface area contributed by atoms with E-state index in [9.17, 15) is 4.79 Å². The fourth-order valence-electron chi connectivity index (χ4n) is 2.68. The Bertz CT molecular complexity index is 229. The summed E-state index contributed by atoms with van der Waals surface area (Å²) in [7, 11) is 1.45. The molecule has 1 unspecified atom stereocenters. The first kappa shape index (κ1) is 8.05. The molecule has 1 heterocycles. The number of ether oxygens (including phenoxy) is 1. The van der Waals surface area contributed by atoms with Crippen molar-refractivity contribution in [2.24, 2.45) is 17.8 Å². The highest BCUT2D eigenvalue weighted by atomic mass is 16.5. The van der Waals surface area contributed by atoms with Crippen molar-refractivity contribution in [1.82, 2.24) is 5.32 Å². The monoisotopic (exact) mass is 169 g/mol. The second kappa shape index (κ2) is 2.22. The lowest BCUT2D eigenvalue weighted by Gasteiger charge is -2.24. The molecule has 1 aliphatic heterocycles. The molecule has 0 aromatic carbocycles. The summed E-state index contributed by atoms with van der Waals surface area (Å²) in [5.74, 6) is 1.79. The molecule has 0 aromatic rings. The minimum atomic E-state index is -0.404. The van der Waals surface area contributed by atoms with Crippen LogP contribution in [0, 0.1) is 17.8 Å². The van der Waals surface area contributed by atoms with E-state index in [0.29, 0.717) is 17.8 Å². The minimum Gasteiger partial charge on any atom is -0.468 e. The van der Waals surface area contributed by atoms with Crippen LogP contribution in [-0.2, 0) is 9.53 Å². The predicted molar refractivity (Wildman–Crippen MR) is 44.6 cm³/mol. The fourth-order valence-corrected chi connectivity index (χ4v) is 2.68. The number of hydrogen-bond donors (Lipinski definition) is 1. The average Bonchev–Trinajstić information content (AvgIpc) is 2.55. The van der Waals surface area contributed by atoms with Crippen LogP contribution in [0.2, 0.25) is 0 Å². The first-order chi connectivity index (χ1) is 5.61. The number of esters is 1. The molecule has 12 heavy (non-hydrogen) atoms. The van der Waals surface area contributed by atoms with E-state index in [2.05, 4.69) is 12.2 Å². The van der Waals surface area contributed by atoms with Crippen molar-refractivity contribution in [3.8, 4) is 0 Å². The van der Waals surface area contributed by atoms with Crippen molar-refractivity contribution in [3.63, 3.8) is 0 Å². The first-order valence-corrected chi connectivity index (χ1v) is 4.44. The van der Waals surface area contributed by atoms with Gasteiger partial charge >= 0.3 is 5.97 Å². The molecule has 0 aromatic heterocycles. The van der Waals surface area contributed by atoms with Crippen molar-refractivity contribution < 1.29 is 9.53 Å². The van der Waals surface area contributed by atoms with Crippen LogP contribution in [0.4, 0.5) is 0 Å². The van der Waals surface area contributed by atoms with Crippen LogP contribution < -0.4 is 5.32 Å². The maximum Gasteiger partial charge on any atom is 0.326 e. The molecule has 2 rings (SSSR count). The van der Waals surface area contributed by atoms with Crippen LogP contribution >= 0.6 is 0 Å². The number of carbonyl (C=O) groups is 1. The number of carbonyl (C=O) groups excluding carboxylic acids is 1. The van der Waals surface area contributed by atoms with Gasteiger partial charge in [0.15, 0.2) is 0 Å². The number of fused-ring (bicyclic) bond motifs is 1. The Balaban J connectivity index is 2.17. The summed E-state index contributed by atoms with van der Waals surface area (Å²) < 4.78 is 4.78. The molecule has 0 bridgehead atoms. The minimum absolute atomic E-state index is 0.112. The van der Waals surface area contributed by atoms with Gasteiger partial charge in [0.1, 0.15) is 5.54 Å². The Morgan fingerprint density at radius 2 is 2.33 bits per heavy atom. The zero-order valence-electron chi connectivity index (χ0n) is 7.76. The molecule has 0 spiro atoms. The molecule has 1 saturated carbocycles. The second-order valence-corrected chi connectivity index (χ2v) is 4.12. The van der Waals surface area contributed by atoms with Crippen molar-refractivity contribution >= 4 is 5.97 Å². The maximum absolute atomic E-state index is 11.4. The van der Waals surface area contributed by atoms with E-state index in [1.54, 1.807) is 0 Å².